The van der Waals surface area contributed by atoms with Crippen LogP contribution in [-0.4, -0.2) is 5.27 Å². The van der Waals surface area contributed by atoms with Crippen molar-refractivity contribution in [3.63, 3.8) is 0 Å². The maximum Gasteiger partial charge on any atom is 0.243 e. The molecule has 1 aliphatic carbocycles. The Morgan fingerprint density at radius 2 is 1.83 bits per heavy atom. The minimum Gasteiger partial charge on any atom is -0.539 e. The maximum absolute atomic E-state index is 11.9. The van der Waals surface area contributed by atoms with Gasteiger partial charge in [-0.25, -0.2) is 0 Å². The number of para-hydroxylation sites is 1. The second-order valence-electron chi connectivity index (χ2n) is 4.83. The van der Waals surface area contributed by atoms with Crippen molar-refractivity contribution in [2.24, 2.45) is 0 Å². The van der Waals surface area contributed by atoms with E-state index in [1.165, 1.54) is 19.3 Å². The lowest BCUT2D eigenvalue weighted by Crippen LogP contribution is -2.38. The third kappa shape index (κ3) is 1.98. The predicted molar refractivity (Wildman–Crippen MR) is 63.3 cm³/mol. The minimum atomic E-state index is -0.286. The smallest absolute Gasteiger partial charge is 0.243 e. The van der Waals surface area contributed by atoms with Crippen LogP contribution >= 0.6 is 0 Å². The van der Waals surface area contributed by atoms with Gasteiger partial charge in [0, 0.05) is 18.1 Å². The molecule has 3 rings (SSSR count). The molecular weight excluding hydrogens is 228 g/mol. The Morgan fingerprint density at radius 1 is 1.11 bits per heavy atom. The zero-order valence-electron chi connectivity index (χ0n) is 10.2. The van der Waals surface area contributed by atoms with E-state index in [-0.39, 0.29) is 11.9 Å². The molecule has 4 heteroatoms. The van der Waals surface area contributed by atoms with Gasteiger partial charge in [0.15, 0.2) is 5.95 Å². The van der Waals surface area contributed by atoms with Crippen LogP contribution in [0.3, 0.4) is 0 Å². The second kappa shape index (κ2) is 4.80. The van der Waals surface area contributed by atoms with Gasteiger partial charge < -0.3 is 9.63 Å². The van der Waals surface area contributed by atoms with E-state index in [4.69, 9.17) is 4.52 Å². The Hall–Kier alpha value is -1.84. The van der Waals surface area contributed by atoms with E-state index < -0.39 is 0 Å². The van der Waals surface area contributed by atoms with Gasteiger partial charge in [0.05, 0.1) is 5.27 Å². The highest BCUT2D eigenvalue weighted by Gasteiger charge is 2.29. The fraction of sp³-hybridized carbons (Fsp3) is 0.429. The quantitative estimate of drug-likeness (QED) is 0.760. The summed E-state index contributed by atoms with van der Waals surface area (Å²) in [5, 5.41) is 15.8. The average molecular weight is 244 g/mol. The standard InChI is InChI=1S/C14H16N2O2/c17-14-13(11-7-3-1-4-8-11)16(15-18-14)12-9-5-2-6-10-12/h2,5-6,9-11H,1,3-4,7-8H2. The third-order valence-corrected chi connectivity index (χ3v) is 3.64. The maximum atomic E-state index is 11.9. The molecule has 0 unspecified atom stereocenters. The van der Waals surface area contributed by atoms with Gasteiger partial charge in [0.2, 0.25) is 11.4 Å². The number of aromatic nitrogens is 2. The van der Waals surface area contributed by atoms with Gasteiger partial charge in [-0.05, 0) is 17.5 Å². The monoisotopic (exact) mass is 244 g/mol. The summed E-state index contributed by atoms with van der Waals surface area (Å²) in [5.74, 6) is 0.00320. The number of rotatable bonds is 2. The minimum absolute atomic E-state index is 0.286. The molecule has 0 radical (unpaired) electrons. The Balaban J connectivity index is 2.01. The Labute approximate surface area is 106 Å². The molecule has 1 saturated carbocycles. The molecule has 18 heavy (non-hydrogen) atoms. The molecular formula is C14H16N2O2. The Bertz CT molecular complexity index is 516. The van der Waals surface area contributed by atoms with E-state index in [0.717, 1.165) is 18.5 Å². The van der Waals surface area contributed by atoms with Crippen molar-refractivity contribution in [2.45, 2.75) is 38.0 Å². The van der Waals surface area contributed by atoms with Crippen LogP contribution < -0.4 is 9.79 Å². The Morgan fingerprint density at radius 3 is 2.56 bits per heavy atom. The number of hydrogen-bond acceptors (Lipinski definition) is 3. The summed E-state index contributed by atoms with van der Waals surface area (Å²) < 4.78 is 6.53. The first-order valence-electron chi connectivity index (χ1n) is 6.50. The molecule has 0 N–H and O–H groups in total. The molecule has 1 aliphatic rings. The molecule has 1 aromatic heterocycles. The highest BCUT2D eigenvalue weighted by molar-refractivity contribution is 5.23. The topological polar surface area (TPSA) is 53.0 Å². The van der Waals surface area contributed by atoms with Crippen LogP contribution in [0.25, 0.3) is 5.69 Å². The van der Waals surface area contributed by atoms with E-state index in [2.05, 4.69) is 5.27 Å². The molecule has 1 fully saturated rings. The van der Waals surface area contributed by atoms with Crippen molar-refractivity contribution in [3.05, 3.63) is 36.0 Å². The van der Waals surface area contributed by atoms with Crippen molar-refractivity contribution in [3.8, 4) is 11.6 Å². The van der Waals surface area contributed by atoms with Crippen LogP contribution in [0.15, 0.2) is 34.9 Å². The molecule has 0 bridgehead atoms. The van der Waals surface area contributed by atoms with Crippen LogP contribution in [0.5, 0.6) is 5.95 Å². The molecule has 2 aromatic rings. The summed E-state index contributed by atoms with van der Waals surface area (Å²) in [7, 11) is 0. The average Bonchev–Trinajstić information content (AvgIpc) is 2.83. The first kappa shape index (κ1) is 11.3. The van der Waals surface area contributed by atoms with Crippen LogP contribution in [0.1, 0.15) is 43.7 Å². The summed E-state index contributed by atoms with van der Waals surface area (Å²) in [6.45, 7) is 0. The van der Waals surface area contributed by atoms with Crippen LogP contribution in [0.4, 0.5) is 0 Å². The van der Waals surface area contributed by atoms with Crippen molar-refractivity contribution in [1.82, 2.24) is 5.27 Å². The van der Waals surface area contributed by atoms with Gasteiger partial charge in [0.25, 0.3) is 0 Å². The summed E-state index contributed by atoms with van der Waals surface area (Å²) in [4.78, 5) is 0. The molecule has 1 heterocycles. The Kier molecular flexibility index (Phi) is 3.00. The molecule has 0 aliphatic heterocycles. The number of nitrogens with zero attached hydrogens (tertiary/aromatic N) is 2. The van der Waals surface area contributed by atoms with E-state index >= 15 is 0 Å². The second-order valence-corrected chi connectivity index (χ2v) is 4.83. The van der Waals surface area contributed by atoms with E-state index in [0.29, 0.717) is 5.69 Å². The van der Waals surface area contributed by atoms with E-state index in [9.17, 15) is 5.11 Å². The first-order chi connectivity index (χ1) is 8.86. The fourth-order valence-corrected chi connectivity index (χ4v) is 2.73. The molecule has 0 amide bonds. The largest absolute Gasteiger partial charge is 0.539 e. The van der Waals surface area contributed by atoms with Gasteiger partial charge in [-0.3, -0.25) is 0 Å². The number of hydrogen-bond donors (Lipinski definition) is 0. The molecule has 94 valence electrons. The summed E-state index contributed by atoms with van der Waals surface area (Å²) in [5.41, 5.74) is 1.60. The van der Waals surface area contributed by atoms with Crippen LogP contribution in [0, 0.1) is 0 Å². The summed E-state index contributed by atoms with van der Waals surface area (Å²) in [6, 6.07) is 9.70. The predicted octanol–water partition coefficient (Wildman–Crippen LogP) is 2.07. The molecule has 4 nitrogen and oxygen atoms in total. The normalized spacial score (nSPS) is 16.9. The first-order valence-corrected chi connectivity index (χ1v) is 6.50. The van der Waals surface area contributed by atoms with Gasteiger partial charge in [-0.2, -0.15) is 0 Å². The zero-order chi connectivity index (χ0) is 12.4. The lowest BCUT2D eigenvalue weighted by atomic mass is 9.87. The molecule has 1 aromatic carbocycles. The van der Waals surface area contributed by atoms with Gasteiger partial charge in [0.1, 0.15) is 0 Å². The fourth-order valence-electron chi connectivity index (χ4n) is 2.73. The summed E-state index contributed by atoms with van der Waals surface area (Å²) in [6.07, 6.45) is 5.75. The van der Waals surface area contributed by atoms with Gasteiger partial charge in [-0.1, -0.05) is 37.5 Å². The SMILES string of the molecule is [O-]c1on[n+](-c2ccccc2)c1C1CCCCC1. The highest BCUT2D eigenvalue weighted by atomic mass is 16.6. The van der Waals surface area contributed by atoms with E-state index in [1.54, 1.807) is 4.68 Å². The molecule has 0 saturated heterocycles. The van der Waals surface area contributed by atoms with Gasteiger partial charge in [-0.15, -0.1) is 0 Å². The third-order valence-electron chi connectivity index (χ3n) is 3.64. The van der Waals surface area contributed by atoms with Crippen molar-refractivity contribution in [2.75, 3.05) is 0 Å². The molecule has 0 atom stereocenters. The van der Waals surface area contributed by atoms with Crippen molar-refractivity contribution in [1.29, 1.82) is 0 Å². The molecule has 0 spiro atoms. The van der Waals surface area contributed by atoms with Crippen LogP contribution in [-0.2, 0) is 0 Å². The summed E-state index contributed by atoms with van der Waals surface area (Å²) >= 11 is 0. The lowest BCUT2D eigenvalue weighted by Gasteiger charge is -2.18. The van der Waals surface area contributed by atoms with Crippen LogP contribution in [0.2, 0.25) is 0 Å². The van der Waals surface area contributed by atoms with Gasteiger partial charge >= 0.3 is 0 Å². The lowest BCUT2D eigenvalue weighted by molar-refractivity contribution is -0.679. The van der Waals surface area contributed by atoms with Crippen molar-refractivity contribution >= 4 is 0 Å². The highest BCUT2D eigenvalue weighted by Crippen LogP contribution is 2.34. The van der Waals surface area contributed by atoms with Crippen molar-refractivity contribution < 1.29 is 14.3 Å². The zero-order valence-corrected chi connectivity index (χ0v) is 10.2. The number of benzene rings is 1. The van der Waals surface area contributed by atoms with E-state index in [1.807, 2.05) is 30.3 Å².